The summed E-state index contributed by atoms with van der Waals surface area (Å²) in [5.41, 5.74) is 0.772. The second-order valence-corrected chi connectivity index (χ2v) is 6.57. The molecule has 0 fully saturated rings. The van der Waals surface area contributed by atoms with E-state index in [0.717, 1.165) is 21.2 Å². The van der Waals surface area contributed by atoms with Gasteiger partial charge in [0.25, 0.3) is 0 Å². The summed E-state index contributed by atoms with van der Waals surface area (Å²) < 4.78 is 3.71. The smallest absolute Gasteiger partial charge is 0.170 e. The Balaban J connectivity index is 1.80. The van der Waals surface area contributed by atoms with Crippen molar-refractivity contribution in [1.29, 1.82) is 0 Å². The van der Waals surface area contributed by atoms with Crippen LogP contribution < -0.4 is 10.6 Å². The van der Waals surface area contributed by atoms with Gasteiger partial charge < -0.3 is 10.6 Å². The van der Waals surface area contributed by atoms with Gasteiger partial charge in [-0.1, -0.05) is 27.5 Å². The van der Waals surface area contributed by atoms with E-state index in [1.165, 1.54) is 0 Å². The lowest BCUT2D eigenvalue weighted by Gasteiger charge is -2.12. The molecule has 20 heavy (non-hydrogen) atoms. The fraction of sp³-hybridized carbons (Fsp3) is 0.167. The lowest BCUT2D eigenvalue weighted by atomic mass is 10.3. The number of benzene rings is 1. The molecule has 0 aliphatic rings. The highest BCUT2D eigenvalue weighted by atomic mass is 79.9. The second-order valence-electron chi connectivity index (χ2n) is 3.93. The number of hydrogen-bond acceptors (Lipinski definition) is 2. The van der Waals surface area contributed by atoms with Gasteiger partial charge in [0.05, 0.1) is 27.9 Å². The summed E-state index contributed by atoms with van der Waals surface area (Å²) in [7, 11) is 0. The van der Waals surface area contributed by atoms with E-state index < -0.39 is 0 Å². The molecule has 4 nitrogen and oxygen atoms in total. The largest absolute Gasteiger partial charge is 0.361 e. The van der Waals surface area contributed by atoms with Gasteiger partial charge in [-0.3, -0.25) is 4.68 Å². The molecular weight excluding hydrogens is 427 g/mol. The summed E-state index contributed by atoms with van der Waals surface area (Å²) in [6.45, 7) is 1.40. The van der Waals surface area contributed by atoms with Crippen LogP contribution in [0.2, 0.25) is 5.02 Å². The van der Waals surface area contributed by atoms with Gasteiger partial charge in [-0.2, -0.15) is 5.10 Å². The van der Waals surface area contributed by atoms with Crippen molar-refractivity contribution in [1.82, 2.24) is 15.1 Å². The van der Waals surface area contributed by atoms with E-state index in [0.29, 0.717) is 16.7 Å². The van der Waals surface area contributed by atoms with Crippen LogP contribution >= 0.6 is 55.7 Å². The van der Waals surface area contributed by atoms with E-state index in [1.54, 1.807) is 6.20 Å². The fourth-order valence-electron chi connectivity index (χ4n) is 1.50. The van der Waals surface area contributed by atoms with Gasteiger partial charge in [-0.05, 0) is 46.3 Å². The second kappa shape index (κ2) is 7.40. The highest BCUT2D eigenvalue weighted by Gasteiger charge is 2.03. The van der Waals surface area contributed by atoms with Crippen LogP contribution in [0.4, 0.5) is 5.69 Å². The van der Waals surface area contributed by atoms with E-state index in [-0.39, 0.29) is 0 Å². The number of halogens is 3. The number of anilines is 1. The van der Waals surface area contributed by atoms with Crippen molar-refractivity contribution in [3.05, 3.63) is 44.6 Å². The first-order chi connectivity index (χ1) is 9.54. The number of aromatic nitrogens is 2. The predicted molar refractivity (Wildman–Crippen MR) is 93.3 cm³/mol. The van der Waals surface area contributed by atoms with Crippen LogP contribution in [0.5, 0.6) is 0 Å². The Morgan fingerprint density at radius 3 is 2.80 bits per heavy atom. The normalized spacial score (nSPS) is 10.3. The van der Waals surface area contributed by atoms with Gasteiger partial charge in [0.2, 0.25) is 0 Å². The van der Waals surface area contributed by atoms with Crippen molar-refractivity contribution in [2.24, 2.45) is 0 Å². The van der Waals surface area contributed by atoms with Crippen LogP contribution in [0, 0.1) is 0 Å². The van der Waals surface area contributed by atoms with Crippen molar-refractivity contribution in [3.8, 4) is 0 Å². The van der Waals surface area contributed by atoms with Gasteiger partial charge >= 0.3 is 0 Å². The summed E-state index contributed by atoms with van der Waals surface area (Å²) in [5, 5.41) is 11.5. The molecule has 0 radical (unpaired) electrons. The van der Waals surface area contributed by atoms with E-state index in [9.17, 15) is 0 Å². The van der Waals surface area contributed by atoms with Crippen molar-refractivity contribution < 1.29 is 0 Å². The summed E-state index contributed by atoms with van der Waals surface area (Å²) >= 11 is 18.0. The molecule has 0 unspecified atom stereocenters. The third-order valence-corrected chi connectivity index (χ3v) is 3.87. The van der Waals surface area contributed by atoms with E-state index >= 15 is 0 Å². The minimum absolute atomic E-state index is 0.528. The Labute approximate surface area is 144 Å². The highest BCUT2D eigenvalue weighted by molar-refractivity contribution is 9.10. The maximum atomic E-state index is 6.11. The number of rotatable bonds is 4. The molecule has 0 spiro atoms. The molecule has 0 atom stereocenters. The molecule has 0 saturated heterocycles. The lowest BCUT2D eigenvalue weighted by molar-refractivity contribution is 0.604. The zero-order chi connectivity index (χ0) is 14.5. The summed E-state index contributed by atoms with van der Waals surface area (Å²) in [5.74, 6) is 0. The number of hydrogen-bond donors (Lipinski definition) is 2. The Kier molecular flexibility index (Phi) is 5.83. The summed E-state index contributed by atoms with van der Waals surface area (Å²) in [4.78, 5) is 0. The number of nitrogens with zero attached hydrogens (tertiary/aromatic N) is 2. The van der Waals surface area contributed by atoms with Crippen LogP contribution in [0.25, 0.3) is 0 Å². The molecule has 0 saturated carbocycles. The van der Waals surface area contributed by atoms with E-state index in [2.05, 4.69) is 47.6 Å². The van der Waals surface area contributed by atoms with Crippen LogP contribution in [0.15, 0.2) is 39.5 Å². The van der Waals surface area contributed by atoms with E-state index in [4.69, 9.17) is 23.8 Å². The Morgan fingerprint density at radius 1 is 1.35 bits per heavy atom. The predicted octanol–water partition coefficient (Wildman–Crippen LogP) is 4.05. The van der Waals surface area contributed by atoms with Gasteiger partial charge in [0.15, 0.2) is 5.11 Å². The zero-order valence-corrected chi connectivity index (χ0v) is 15.0. The first-order valence-corrected chi connectivity index (χ1v) is 8.09. The highest BCUT2D eigenvalue weighted by Crippen LogP contribution is 2.25. The Morgan fingerprint density at radius 2 is 2.15 bits per heavy atom. The van der Waals surface area contributed by atoms with Crippen LogP contribution in [-0.4, -0.2) is 21.4 Å². The first-order valence-electron chi connectivity index (χ1n) is 5.72. The standard InChI is InChI=1S/C12H11Br2ClN4S/c13-8-1-2-11(10(15)5-8)18-12(20)16-3-4-19-7-9(14)6-17-19/h1-2,5-7H,3-4H2,(H2,16,18,20). The molecule has 8 heteroatoms. The summed E-state index contributed by atoms with van der Waals surface area (Å²) in [6, 6.07) is 5.58. The van der Waals surface area contributed by atoms with Crippen molar-refractivity contribution in [2.75, 3.05) is 11.9 Å². The van der Waals surface area contributed by atoms with E-state index in [1.807, 2.05) is 29.1 Å². The van der Waals surface area contributed by atoms with Crippen molar-refractivity contribution >= 4 is 66.5 Å². The van der Waals surface area contributed by atoms with Crippen molar-refractivity contribution in [2.45, 2.75) is 6.54 Å². The Hall–Kier alpha value is -0.630. The van der Waals surface area contributed by atoms with Crippen LogP contribution in [0.1, 0.15) is 0 Å². The topological polar surface area (TPSA) is 41.9 Å². The SMILES string of the molecule is S=C(NCCn1cc(Br)cn1)Nc1ccc(Br)cc1Cl. The van der Waals surface area contributed by atoms with Gasteiger partial charge in [-0.25, -0.2) is 0 Å². The molecule has 106 valence electrons. The molecule has 1 aromatic carbocycles. The molecule has 2 N–H and O–H groups in total. The fourth-order valence-corrected chi connectivity index (χ4v) is 2.76. The molecule has 0 aliphatic heterocycles. The van der Waals surface area contributed by atoms with Crippen LogP contribution in [-0.2, 0) is 6.54 Å². The molecule has 0 aliphatic carbocycles. The molecule has 1 heterocycles. The maximum absolute atomic E-state index is 6.11. The van der Waals surface area contributed by atoms with Crippen LogP contribution in [0.3, 0.4) is 0 Å². The van der Waals surface area contributed by atoms with Gasteiger partial charge in [-0.15, -0.1) is 0 Å². The monoisotopic (exact) mass is 436 g/mol. The maximum Gasteiger partial charge on any atom is 0.170 e. The van der Waals surface area contributed by atoms with Gasteiger partial charge in [0.1, 0.15) is 0 Å². The molecule has 0 amide bonds. The molecule has 1 aromatic heterocycles. The minimum atomic E-state index is 0.528. The Bertz CT molecular complexity index is 617. The third kappa shape index (κ3) is 4.73. The molecular formula is C12H11Br2ClN4S. The summed E-state index contributed by atoms with van der Waals surface area (Å²) in [6.07, 6.45) is 3.65. The number of thiocarbonyl (C=S) groups is 1. The average Bonchev–Trinajstić information content (AvgIpc) is 2.79. The third-order valence-electron chi connectivity index (χ3n) is 2.41. The van der Waals surface area contributed by atoms with Crippen molar-refractivity contribution in [3.63, 3.8) is 0 Å². The van der Waals surface area contributed by atoms with Gasteiger partial charge in [0, 0.05) is 17.2 Å². The average molecular weight is 439 g/mol. The number of nitrogens with one attached hydrogen (secondary N) is 2. The minimum Gasteiger partial charge on any atom is -0.361 e. The quantitative estimate of drug-likeness (QED) is 0.707. The lowest BCUT2D eigenvalue weighted by Crippen LogP contribution is -2.31. The first kappa shape index (κ1) is 15.8. The molecule has 2 aromatic rings. The zero-order valence-electron chi connectivity index (χ0n) is 10.2. The molecule has 0 bridgehead atoms. The molecule has 2 rings (SSSR count).